The first-order chi connectivity index (χ1) is 12.6. The minimum absolute atomic E-state index is 0.0222. The number of hydrogen-bond donors (Lipinski definition) is 1. The normalized spacial score (nSPS) is 25.7. The van der Waals surface area contributed by atoms with Gasteiger partial charge in [0.15, 0.2) is 6.61 Å². The summed E-state index contributed by atoms with van der Waals surface area (Å²) in [6.07, 6.45) is 9.67. The van der Waals surface area contributed by atoms with Crippen LogP contribution in [0.15, 0.2) is 6.33 Å². The van der Waals surface area contributed by atoms with Gasteiger partial charge in [-0.1, -0.05) is 26.7 Å². The lowest BCUT2D eigenvalue weighted by atomic mass is 9.78. The van der Waals surface area contributed by atoms with Gasteiger partial charge in [0, 0.05) is 10.9 Å². The van der Waals surface area contributed by atoms with Gasteiger partial charge in [-0.2, -0.15) is 0 Å². The van der Waals surface area contributed by atoms with Crippen LogP contribution in [0.25, 0.3) is 10.2 Å². The Morgan fingerprint density at radius 3 is 2.96 bits per heavy atom. The van der Waals surface area contributed by atoms with Crippen LogP contribution in [0.2, 0.25) is 0 Å². The fraction of sp³-hybridized carbons (Fsp3) is 0.650. The lowest BCUT2D eigenvalue weighted by molar-refractivity contribution is -0.124. The van der Waals surface area contributed by atoms with Crippen molar-refractivity contribution in [1.82, 2.24) is 15.3 Å². The van der Waals surface area contributed by atoms with Crippen molar-refractivity contribution >= 4 is 27.5 Å². The molecule has 0 spiro atoms. The summed E-state index contributed by atoms with van der Waals surface area (Å²) in [7, 11) is 0. The van der Waals surface area contributed by atoms with Gasteiger partial charge in [0.05, 0.1) is 5.39 Å². The Labute approximate surface area is 158 Å². The van der Waals surface area contributed by atoms with Crippen molar-refractivity contribution in [3.63, 3.8) is 0 Å². The highest BCUT2D eigenvalue weighted by Crippen LogP contribution is 2.38. The van der Waals surface area contributed by atoms with Gasteiger partial charge in [0.2, 0.25) is 5.88 Å². The third-order valence-corrected chi connectivity index (χ3v) is 7.31. The number of nitrogens with zero attached hydrogens (tertiary/aromatic N) is 2. The molecule has 0 saturated heterocycles. The van der Waals surface area contributed by atoms with E-state index in [1.165, 1.54) is 36.1 Å². The maximum Gasteiger partial charge on any atom is 0.258 e. The maximum atomic E-state index is 12.4. The van der Waals surface area contributed by atoms with E-state index in [4.69, 9.17) is 4.74 Å². The summed E-state index contributed by atoms with van der Waals surface area (Å²) in [6.45, 7) is 4.53. The van der Waals surface area contributed by atoms with Gasteiger partial charge in [0.1, 0.15) is 11.2 Å². The molecule has 0 unspecified atom stereocenters. The van der Waals surface area contributed by atoms with E-state index in [1.54, 1.807) is 17.7 Å². The summed E-state index contributed by atoms with van der Waals surface area (Å²) in [4.78, 5) is 23.6. The van der Waals surface area contributed by atoms with Crippen LogP contribution in [0.1, 0.15) is 56.4 Å². The summed E-state index contributed by atoms with van der Waals surface area (Å²) in [5.74, 6) is 1.69. The fourth-order valence-corrected chi connectivity index (χ4v) is 5.56. The smallest absolute Gasteiger partial charge is 0.258 e. The first kappa shape index (κ1) is 17.7. The molecule has 5 nitrogen and oxygen atoms in total. The third-order valence-electron chi connectivity index (χ3n) is 6.11. The van der Waals surface area contributed by atoms with Gasteiger partial charge >= 0.3 is 0 Å². The Morgan fingerprint density at radius 2 is 2.08 bits per heavy atom. The molecule has 0 aromatic carbocycles. The van der Waals surface area contributed by atoms with Crippen molar-refractivity contribution in [3.05, 3.63) is 16.8 Å². The van der Waals surface area contributed by atoms with Crippen LogP contribution in [-0.2, 0) is 17.6 Å². The number of thiophene rings is 1. The number of carbonyl (C=O) groups is 1. The molecular weight excluding hydrogens is 346 g/mol. The zero-order valence-electron chi connectivity index (χ0n) is 15.6. The van der Waals surface area contributed by atoms with E-state index >= 15 is 0 Å². The van der Waals surface area contributed by atoms with Gasteiger partial charge in [-0.05, 0) is 49.5 Å². The molecule has 4 rings (SSSR count). The number of hydrogen-bond acceptors (Lipinski definition) is 5. The van der Waals surface area contributed by atoms with Crippen molar-refractivity contribution in [3.8, 4) is 5.88 Å². The quantitative estimate of drug-likeness (QED) is 0.883. The van der Waals surface area contributed by atoms with E-state index in [0.29, 0.717) is 17.7 Å². The van der Waals surface area contributed by atoms with Gasteiger partial charge in [-0.3, -0.25) is 4.79 Å². The van der Waals surface area contributed by atoms with Crippen molar-refractivity contribution in [2.75, 3.05) is 6.61 Å². The SMILES string of the molecule is C[C@H]1[C@H](C)CCC[C@H]1NC(=O)COc1ncnc2sc3c(c12)CCCC3. The highest BCUT2D eigenvalue weighted by molar-refractivity contribution is 7.18. The average Bonchev–Trinajstić information content (AvgIpc) is 3.03. The van der Waals surface area contributed by atoms with Gasteiger partial charge in [0.25, 0.3) is 5.91 Å². The standard InChI is InChI=1S/C20H27N3O2S/c1-12-6-5-8-15(13(12)2)23-17(24)10-25-19-18-14-7-3-4-9-16(14)26-20(18)22-11-21-19/h11-13,15H,3-10H2,1-2H3,(H,23,24)/t12-,13+,15-/m1/s1. The second-order valence-electron chi connectivity index (χ2n) is 7.80. The highest BCUT2D eigenvalue weighted by Gasteiger charge is 2.28. The van der Waals surface area contributed by atoms with E-state index in [2.05, 4.69) is 29.1 Å². The van der Waals surface area contributed by atoms with Crippen LogP contribution in [0, 0.1) is 11.8 Å². The molecule has 2 aliphatic rings. The second-order valence-corrected chi connectivity index (χ2v) is 8.88. The molecule has 1 fully saturated rings. The average molecular weight is 374 g/mol. The molecule has 3 atom stereocenters. The summed E-state index contributed by atoms with van der Waals surface area (Å²) in [5.41, 5.74) is 1.34. The van der Waals surface area contributed by atoms with Gasteiger partial charge in [-0.15, -0.1) is 11.3 Å². The van der Waals surface area contributed by atoms with E-state index < -0.39 is 0 Å². The predicted molar refractivity (Wildman–Crippen MR) is 104 cm³/mol. The molecule has 0 radical (unpaired) electrons. The van der Waals surface area contributed by atoms with Crippen molar-refractivity contribution in [1.29, 1.82) is 0 Å². The molecule has 2 aromatic rings. The number of aromatic nitrogens is 2. The largest absolute Gasteiger partial charge is 0.467 e. The molecule has 0 aliphatic heterocycles. The molecular formula is C20H27N3O2S. The lowest BCUT2D eigenvalue weighted by Gasteiger charge is -2.34. The number of amides is 1. The van der Waals surface area contributed by atoms with Crippen molar-refractivity contribution in [2.45, 2.75) is 64.8 Å². The minimum atomic E-state index is -0.0493. The monoisotopic (exact) mass is 373 g/mol. The maximum absolute atomic E-state index is 12.4. The molecule has 26 heavy (non-hydrogen) atoms. The minimum Gasteiger partial charge on any atom is -0.467 e. The van der Waals surface area contributed by atoms with Crippen LogP contribution < -0.4 is 10.1 Å². The second kappa shape index (κ2) is 7.51. The summed E-state index contributed by atoms with van der Waals surface area (Å²) < 4.78 is 5.85. The van der Waals surface area contributed by atoms with Gasteiger partial charge < -0.3 is 10.1 Å². The summed E-state index contributed by atoms with van der Waals surface area (Å²) in [6, 6.07) is 0.258. The van der Waals surface area contributed by atoms with Crippen LogP contribution in [0.5, 0.6) is 5.88 Å². The fourth-order valence-electron chi connectivity index (χ4n) is 4.34. The molecule has 2 aliphatic carbocycles. The lowest BCUT2D eigenvalue weighted by Crippen LogP contribution is -2.45. The number of fused-ring (bicyclic) bond motifs is 3. The molecule has 1 saturated carbocycles. The molecule has 1 N–H and O–H groups in total. The molecule has 0 bridgehead atoms. The molecule has 6 heteroatoms. The third kappa shape index (κ3) is 3.43. The first-order valence-corrected chi connectivity index (χ1v) is 10.6. The topological polar surface area (TPSA) is 64.1 Å². The molecule has 2 aromatic heterocycles. The van der Waals surface area contributed by atoms with E-state index in [1.807, 2.05) is 0 Å². The van der Waals surface area contributed by atoms with E-state index in [-0.39, 0.29) is 18.6 Å². The van der Waals surface area contributed by atoms with E-state index in [0.717, 1.165) is 29.5 Å². The number of rotatable bonds is 4. The summed E-state index contributed by atoms with van der Waals surface area (Å²) in [5, 5.41) is 4.20. The molecule has 140 valence electrons. The number of aryl methyl sites for hydroxylation is 2. The number of nitrogens with one attached hydrogen (secondary N) is 1. The Morgan fingerprint density at radius 1 is 1.23 bits per heavy atom. The van der Waals surface area contributed by atoms with Crippen molar-refractivity contribution in [2.24, 2.45) is 11.8 Å². The van der Waals surface area contributed by atoms with Crippen LogP contribution in [0.3, 0.4) is 0 Å². The van der Waals surface area contributed by atoms with E-state index in [9.17, 15) is 4.79 Å². The Bertz CT molecular complexity index is 804. The van der Waals surface area contributed by atoms with Gasteiger partial charge in [-0.25, -0.2) is 9.97 Å². The van der Waals surface area contributed by atoms with Crippen LogP contribution >= 0.6 is 11.3 Å². The Kier molecular flexibility index (Phi) is 5.11. The Hall–Kier alpha value is -1.69. The van der Waals surface area contributed by atoms with Crippen molar-refractivity contribution < 1.29 is 9.53 Å². The highest BCUT2D eigenvalue weighted by atomic mass is 32.1. The predicted octanol–water partition coefficient (Wildman–Crippen LogP) is 3.89. The molecule has 2 heterocycles. The first-order valence-electron chi connectivity index (χ1n) is 9.81. The summed E-state index contributed by atoms with van der Waals surface area (Å²) >= 11 is 1.75. The van der Waals surface area contributed by atoms with Crippen LogP contribution in [-0.4, -0.2) is 28.5 Å². The zero-order valence-corrected chi connectivity index (χ0v) is 16.4. The number of ether oxygens (including phenoxy) is 1. The Balaban J connectivity index is 1.44. The van der Waals surface area contributed by atoms with Crippen LogP contribution in [0.4, 0.5) is 0 Å². The zero-order chi connectivity index (χ0) is 18.1. The number of carbonyl (C=O) groups excluding carboxylic acids is 1. The molecule has 1 amide bonds.